The van der Waals surface area contributed by atoms with Gasteiger partial charge in [-0.25, -0.2) is 9.38 Å². The van der Waals surface area contributed by atoms with E-state index in [-0.39, 0.29) is 41.1 Å². The van der Waals surface area contributed by atoms with E-state index in [9.17, 15) is 9.18 Å². The van der Waals surface area contributed by atoms with Gasteiger partial charge in [0, 0.05) is 30.6 Å². The topological polar surface area (TPSA) is 65.5 Å². The van der Waals surface area contributed by atoms with Crippen LogP contribution in [0.15, 0.2) is 53.5 Å². The number of carbonyl (C=O) groups excluding carboxylic acids is 1. The van der Waals surface area contributed by atoms with E-state index >= 15 is 0 Å². The summed E-state index contributed by atoms with van der Waals surface area (Å²) in [7, 11) is 0. The zero-order chi connectivity index (χ0) is 21.3. The predicted molar refractivity (Wildman–Crippen MR) is 132 cm³/mol. The van der Waals surface area contributed by atoms with Crippen molar-refractivity contribution in [3.8, 4) is 0 Å². The quantitative estimate of drug-likeness (QED) is 0.274. The van der Waals surface area contributed by atoms with Crippen LogP contribution in [0.2, 0.25) is 0 Å². The lowest BCUT2D eigenvalue weighted by Gasteiger charge is -2.27. The SMILES string of the molecule is CCNC(=O)c1ccc(CN=C(NCC)NCC(C)(C)c2cccc(F)c2)cc1.I. The molecule has 164 valence electrons. The molecule has 0 radical (unpaired) electrons. The molecular formula is C23H32FIN4O. The van der Waals surface area contributed by atoms with Crippen LogP contribution >= 0.6 is 24.0 Å². The molecule has 0 fully saturated rings. The lowest BCUT2D eigenvalue weighted by Crippen LogP contribution is -2.43. The first kappa shape index (κ1) is 25.9. The molecule has 0 saturated carbocycles. The summed E-state index contributed by atoms with van der Waals surface area (Å²) < 4.78 is 13.6. The summed E-state index contributed by atoms with van der Waals surface area (Å²) >= 11 is 0. The van der Waals surface area contributed by atoms with Crippen LogP contribution in [0.4, 0.5) is 4.39 Å². The minimum absolute atomic E-state index is 0. The molecule has 0 aromatic heterocycles. The standard InChI is InChI=1S/C23H31FN4O.HI/c1-5-25-21(29)18-12-10-17(11-13-18)15-27-22(26-6-2)28-16-23(3,4)19-8-7-9-20(24)14-19;/h7-14H,5-6,15-16H2,1-4H3,(H,25,29)(H2,26,27,28);1H. The van der Waals surface area contributed by atoms with Crippen LogP contribution in [-0.2, 0) is 12.0 Å². The second kappa shape index (κ2) is 12.5. The van der Waals surface area contributed by atoms with Crippen LogP contribution in [0.1, 0.15) is 49.2 Å². The Balaban J connectivity index is 0.00000450. The average molecular weight is 526 g/mol. The first-order valence-corrected chi connectivity index (χ1v) is 10.0. The second-order valence-electron chi connectivity index (χ2n) is 7.50. The highest BCUT2D eigenvalue weighted by atomic mass is 127. The fraction of sp³-hybridized carbons (Fsp3) is 0.391. The number of hydrogen-bond acceptors (Lipinski definition) is 2. The molecule has 30 heavy (non-hydrogen) atoms. The molecule has 7 heteroatoms. The van der Waals surface area contributed by atoms with Gasteiger partial charge in [-0.2, -0.15) is 0 Å². The van der Waals surface area contributed by atoms with Gasteiger partial charge in [0.1, 0.15) is 5.82 Å². The first-order chi connectivity index (χ1) is 13.9. The van der Waals surface area contributed by atoms with Gasteiger partial charge >= 0.3 is 0 Å². The zero-order valence-electron chi connectivity index (χ0n) is 18.1. The zero-order valence-corrected chi connectivity index (χ0v) is 20.4. The molecule has 0 atom stereocenters. The van der Waals surface area contributed by atoms with Crippen LogP contribution in [0.25, 0.3) is 0 Å². The minimum atomic E-state index is -0.257. The molecule has 0 unspecified atom stereocenters. The van der Waals surface area contributed by atoms with Crippen molar-refractivity contribution in [1.82, 2.24) is 16.0 Å². The van der Waals surface area contributed by atoms with Crippen molar-refractivity contribution < 1.29 is 9.18 Å². The fourth-order valence-corrected chi connectivity index (χ4v) is 2.85. The maximum Gasteiger partial charge on any atom is 0.251 e. The van der Waals surface area contributed by atoms with Gasteiger partial charge in [-0.3, -0.25) is 4.79 Å². The highest BCUT2D eigenvalue weighted by Gasteiger charge is 2.21. The third kappa shape index (κ3) is 7.93. The van der Waals surface area contributed by atoms with Gasteiger partial charge in [-0.15, -0.1) is 24.0 Å². The lowest BCUT2D eigenvalue weighted by molar-refractivity contribution is 0.0956. The number of rotatable bonds is 8. The van der Waals surface area contributed by atoms with Crippen molar-refractivity contribution in [1.29, 1.82) is 0 Å². The normalized spacial score (nSPS) is 11.4. The van der Waals surface area contributed by atoms with E-state index in [4.69, 9.17) is 0 Å². The summed E-state index contributed by atoms with van der Waals surface area (Å²) in [5.74, 6) is 0.397. The predicted octanol–water partition coefficient (Wildman–Crippen LogP) is 4.23. The Morgan fingerprint density at radius 2 is 1.67 bits per heavy atom. The number of amides is 1. The van der Waals surface area contributed by atoms with E-state index in [0.29, 0.717) is 31.2 Å². The number of hydrogen-bond donors (Lipinski definition) is 3. The summed E-state index contributed by atoms with van der Waals surface area (Å²) in [6.45, 7) is 10.5. The van der Waals surface area contributed by atoms with E-state index < -0.39 is 0 Å². The monoisotopic (exact) mass is 526 g/mol. The summed E-state index contributed by atoms with van der Waals surface area (Å²) in [6.07, 6.45) is 0. The summed E-state index contributed by atoms with van der Waals surface area (Å²) in [6, 6.07) is 14.1. The maximum absolute atomic E-state index is 13.6. The molecule has 0 aliphatic heterocycles. The van der Waals surface area contributed by atoms with Gasteiger partial charge in [-0.1, -0.05) is 38.1 Å². The Labute approximate surface area is 196 Å². The third-order valence-corrected chi connectivity index (χ3v) is 4.62. The van der Waals surface area contributed by atoms with Crippen molar-refractivity contribution in [2.45, 2.75) is 39.7 Å². The Morgan fingerprint density at radius 1 is 1.00 bits per heavy atom. The highest BCUT2D eigenvalue weighted by molar-refractivity contribution is 14.0. The summed E-state index contributed by atoms with van der Waals surface area (Å²) in [5.41, 5.74) is 2.33. The van der Waals surface area contributed by atoms with Crippen LogP contribution in [0, 0.1) is 5.82 Å². The molecule has 2 rings (SSSR count). The second-order valence-corrected chi connectivity index (χ2v) is 7.50. The number of benzene rings is 2. The Kier molecular flexibility index (Phi) is 10.8. The molecule has 5 nitrogen and oxygen atoms in total. The molecule has 0 heterocycles. The highest BCUT2D eigenvalue weighted by Crippen LogP contribution is 2.22. The number of aliphatic imine (C=N–C) groups is 1. The van der Waals surface area contributed by atoms with Gasteiger partial charge in [0.15, 0.2) is 5.96 Å². The first-order valence-electron chi connectivity index (χ1n) is 10.0. The van der Waals surface area contributed by atoms with Crippen LogP contribution in [0.3, 0.4) is 0 Å². The van der Waals surface area contributed by atoms with Crippen LogP contribution < -0.4 is 16.0 Å². The average Bonchev–Trinajstić information content (AvgIpc) is 2.70. The number of nitrogens with zero attached hydrogens (tertiary/aromatic N) is 1. The molecule has 0 aliphatic carbocycles. The number of halogens is 2. The van der Waals surface area contributed by atoms with E-state index in [1.165, 1.54) is 6.07 Å². The molecule has 0 bridgehead atoms. The maximum atomic E-state index is 13.6. The van der Waals surface area contributed by atoms with Crippen molar-refractivity contribution in [2.24, 2.45) is 4.99 Å². The van der Waals surface area contributed by atoms with Crippen molar-refractivity contribution in [2.75, 3.05) is 19.6 Å². The molecule has 2 aromatic rings. The smallest absolute Gasteiger partial charge is 0.251 e. The third-order valence-electron chi connectivity index (χ3n) is 4.62. The van der Waals surface area contributed by atoms with Gasteiger partial charge in [0.25, 0.3) is 5.91 Å². The van der Waals surface area contributed by atoms with Gasteiger partial charge in [0.05, 0.1) is 6.54 Å². The Hall–Kier alpha value is -2.16. The van der Waals surface area contributed by atoms with Gasteiger partial charge < -0.3 is 16.0 Å². The lowest BCUT2D eigenvalue weighted by atomic mass is 9.84. The van der Waals surface area contributed by atoms with Crippen molar-refractivity contribution in [3.05, 3.63) is 71.0 Å². The van der Waals surface area contributed by atoms with Crippen molar-refractivity contribution in [3.63, 3.8) is 0 Å². The molecule has 2 aromatic carbocycles. The number of carbonyl (C=O) groups is 1. The fourth-order valence-electron chi connectivity index (χ4n) is 2.85. The molecule has 3 N–H and O–H groups in total. The van der Waals surface area contributed by atoms with Crippen molar-refractivity contribution >= 4 is 35.8 Å². The van der Waals surface area contributed by atoms with E-state index in [2.05, 4.69) is 34.8 Å². The Morgan fingerprint density at radius 3 is 2.27 bits per heavy atom. The van der Waals surface area contributed by atoms with Crippen LogP contribution in [0.5, 0.6) is 0 Å². The molecule has 0 aliphatic rings. The van der Waals surface area contributed by atoms with E-state index in [1.54, 1.807) is 12.1 Å². The van der Waals surface area contributed by atoms with E-state index in [1.807, 2.05) is 44.2 Å². The van der Waals surface area contributed by atoms with E-state index in [0.717, 1.165) is 17.7 Å². The minimum Gasteiger partial charge on any atom is -0.357 e. The summed E-state index contributed by atoms with van der Waals surface area (Å²) in [4.78, 5) is 16.5. The number of nitrogens with one attached hydrogen (secondary N) is 3. The van der Waals surface area contributed by atoms with Gasteiger partial charge in [-0.05, 0) is 49.2 Å². The van der Waals surface area contributed by atoms with Crippen LogP contribution in [-0.4, -0.2) is 31.5 Å². The number of guanidine groups is 1. The largest absolute Gasteiger partial charge is 0.357 e. The molecule has 1 amide bonds. The molecule has 0 saturated heterocycles. The molecule has 0 spiro atoms. The Bertz CT molecular complexity index is 837. The summed E-state index contributed by atoms with van der Waals surface area (Å²) in [5, 5.41) is 9.37. The van der Waals surface area contributed by atoms with Gasteiger partial charge in [0.2, 0.25) is 0 Å². The molecular weight excluding hydrogens is 494 g/mol.